The Labute approximate surface area is 159 Å². The van der Waals surface area contributed by atoms with Crippen molar-refractivity contribution in [1.82, 2.24) is 0 Å². The summed E-state index contributed by atoms with van der Waals surface area (Å²) in [5, 5.41) is 11.0. The van der Waals surface area contributed by atoms with Crippen LogP contribution in [0.25, 0.3) is 0 Å². The Bertz CT molecular complexity index is 879. The number of hydrogen-bond donors (Lipinski definition) is 1. The summed E-state index contributed by atoms with van der Waals surface area (Å²) in [5.41, 5.74) is 1.63. The van der Waals surface area contributed by atoms with Gasteiger partial charge in [0.2, 0.25) is 5.76 Å². The molecule has 0 bridgehead atoms. The smallest absolute Gasteiger partial charge is 0.373 e. The highest BCUT2D eigenvalue weighted by atomic mass is 79.9. The van der Waals surface area contributed by atoms with Crippen LogP contribution in [0.1, 0.15) is 29.6 Å². The SMILES string of the molecule is COC(=O)C1=C[C@@H](c2ccccc2)C[C@@]2(O1)Oc1ccc(Br)cc1[C@@H]2O. The monoisotopic (exact) mass is 416 g/mol. The van der Waals surface area contributed by atoms with E-state index in [9.17, 15) is 9.90 Å². The third kappa shape index (κ3) is 2.79. The quantitative estimate of drug-likeness (QED) is 0.753. The number of fused-ring (bicyclic) bond motifs is 1. The minimum atomic E-state index is -1.37. The molecule has 1 spiro atoms. The van der Waals surface area contributed by atoms with Gasteiger partial charge in [-0.15, -0.1) is 0 Å². The molecule has 0 fully saturated rings. The molecule has 0 unspecified atom stereocenters. The van der Waals surface area contributed by atoms with Gasteiger partial charge < -0.3 is 19.3 Å². The Hall–Kier alpha value is -2.31. The van der Waals surface area contributed by atoms with E-state index in [0.717, 1.165) is 10.0 Å². The molecule has 0 saturated heterocycles. The summed E-state index contributed by atoms with van der Waals surface area (Å²) in [4.78, 5) is 12.2. The van der Waals surface area contributed by atoms with E-state index in [2.05, 4.69) is 15.9 Å². The Morgan fingerprint density at radius 1 is 1.23 bits per heavy atom. The summed E-state index contributed by atoms with van der Waals surface area (Å²) in [6, 6.07) is 15.1. The zero-order valence-corrected chi connectivity index (χ0v) is 15.6. The molecule has 0 aliphatic carbocycles. The van der Waals surface area contributed by atoms with Gasteiger partial charge in [0.05, 0.1) is 7.11 Å². The highest BCUT2D eigenvalue weighted by Crippen LogP contribution is 2.52. The lowest BCUT2D eigenvalue weighted by Crippen LogP contribution is -2.45. The summed E-state index contributed by atoms with van der Waals surface area (Å²) >= 11 is 3.41. The molecular weight excluding hydrogens is 400 g/mol. The molecule has 2 heterocycles. The minimum Gasteiger partial charge on any atom is -0.463 e. The van der Waals surface area contributed by atoms with Crippen molar-refractivity contribution in [2.45, 2.75) is 24.2 Å². The average Bonchev–Trinajstić information content (AvgIpc) is 2.92. The van der Waals surface area contributed by atoms with E-state index in [1.54, 1.807) is 18.2 Å². The second-order valence-corrected chi connectivity index (χ2v) is 7.26. The zero-order valence-electron chi connectivity index (χ0n) is 14.0. The van der Waals surface area contributed by atoms with Gasteiger partial charge in [-0.25, -0.2) is 4.79 Å². The average molecular weight is 417 g/mol. The molecule has 0 amide bonds. The molecule has 1 N–H and O–H groups in total. The van der Waals surface area contributed by atoms with Gasteiger partial charge >= 0.3 is 5.97 Å². The van der Waals surface area contributed by atoms with Crippen LogP contribution in [0.3, 0.4) is 0 Å². The summed E-state index contributed by atoms with van der Waals surface area (Å²) in [7, 11) is 1.29. The van der Waals surface area contributed by atoms with Gasteiger partial charge in [0.15, 0.2) is 6.10 Å². The molecule has 2 aliphatic rings. The lowest BCUT2D eigenvalue weighted by atomic mass is 9.86. The fourth-order valence-electron chi connectivity index (χ4n) is 3.47. The van der Waals surface area contributed by atoms with Crippen molar-refractivity contribution in [3.8, 4) is 5.75 Å². The molecule has 3 atom stereocenters. The second-order valence-electron chi connectivity index (χ2n) is 6.34. The highest BCUT2D eigenvalue weighted by molar-refractivity contribution is 9.10. The third-order valence-electron chi connectivity index (χ3n) is 4.72. The number of carbonyl (C=O) groups is 1. The number of allylic oxidation sites excluding steroid dienone is 1. The molecule has 5 nitrogen and oxygen atoms in total. The van der Waals surface area contributed by atoms with Gasteiger partial charge in [-0.1, -0.05) is 46.3 Å². The highest BCUT2D eigenvalue weighted by Gasteiger charge is 2.54. The summed E-state index contributed by atoms with van der Waals surface area (Å²) in [6.45, 7) is 0. The molecule has 26 heavy (non-hydrogen) atoms. The predicted octanol–water partition coefficient (Wildman–Crippen LogP) is 3.83. The van der Waals surface area contributed by atoms with E-state index in [1.807, 2.05) is 36.4 Å². The Morgan fingerprint density at radius 3 is 2.73 bits per heavy atom. The van der Waals surface area contributed by atoms with Crippen LogP contribution in [0.5, 0.6) is 5.75 Å². The van der Waals surface area contributed by atoms with Crippen molar-refractivity contribution in [1.29, 1.82) is 0 Å². The number of carbonyl (C=O) groups excluding carboxylic acids is 1. The van der Waals surface area contributed by atoms with Crippen LogP contribution in [0, 0.1) is 0 Å². The van der Waals surface area contributed by atoms with Crippen LogP contribution in [0.15, 0.2) is 64.8 Å². The number of aliphatic hydroxyl groups excluding tert-OH is 1. The first kappa shape index (κ1) is 17.1. The maximum absolute atomic E-state index is 12.2. The minimum absolute atomic E-state index is 0.0403. The summed E-state index contributed by atoms with van der Waals surface area (Å²) in [6.07, 6.45) is 1.06. The number of benzene rings is 2. The maximum Gasteiger partial charge on any atom is 0.373 e. The Kier molecular flexibility index (Phi) is 4.25. The van der Waals surface area contributed by atoms with Crippen molar-refractivity contribution < 1.29 is 24.1 Å². The number of hydrogen-bond acceptors (Lipinski definition) is 5. The molecule has 0 aromatic heterocycles. The van der Waals surface area contributed by atoms with Crippen LogP contribution in [-0.4, -0.2) is 24.0 Å². The fraction of sp³-hybridized carbons (Fsp3) is 0.250. The molecule has 6 heteroatoms. The van der Waals surface area contributed by atoms with Gasteiger partial charge in [-0.3, -0.25) is 0 Å². The van der Waals surface area contributed by atoms with Crippen molar-refractivity contribution in [2.75, 3.05) is 7.11 Å². The molecular formula is C20H17BrO5. The van der Waals surface area contributed by atoms with Crippen molar-refractivity contribution in [3.05, 3.63) is 76.0 Å². The predicted molar refractivity (Wildman–Crippen MR) is 97.4 cm³/mol. The van der Waals surface area contributed by atoms with Gasteiger partial charge in [-0.2, -0.15) is 0 Å². The zero-order chi connectivity index (χ0) is 18.3. The van der Waals surface area contributed by atoms with Crippen LogP contribution < -0.4 is 4.74 Å². The van der Waals surface area contributed by atoms with Crippen molar-refractivity contribution in [2.24, 2.45) is 0 Å². The van der Waals surface area contributed by atoms with Gasteiger partial charge in [0.1, 0.15) is 5.75 Å². The summed E-state index contributed by atoms with van der Waals surface area (Å²) in [5.74, 6) is -1.55. The standard InChI is InChI=1S/C20H17BrO5/c1-24-19(23)17-9-13(12-5-3-2-4-6-12)11-20(26-17)18(22)15-10-14(21)7-8-16(15)25-20/h2-10,13,18,22H,11H2,1H3/t13-,18+,20+/m1/s1. The summed E-state index contributed by atoms with van der Waals surface area (Å²) < 4.78 is 17.6. The van der Waals surface area contributed by atoms with Crippen molar-refractivity contribution >= 4 is 21.9 Å². The largest absolute Gasteiger partial charge is 0.463 e. The topological polar surface area (TPSA) is 65.0 Å². The van der Waals surface area contributed by atoms with Gasteiger partial charge in [0, 0.05) is 22.4 Å². The van der Waals surface area contributed by atoms with Crippen LogP contribution in [0.4, 0.5) is 0 Å². The van der Waals surface area contributed by atoms with E-state index in [0.29, 0.717) is 17.7 Å². The Balaban J connectivity index is 1.76. The Morgan fingerprint density at radius 2 is 2.00 bits per heavy atom. The van der Waals surface area contributed by atoms with E-state index in [4.69, 9.17) is 14.2 Å². The van der Waals surface area contributed by atoms with E-state index < -0.39 is 17.9 Å². The van der Waals surface area contributed by atoms with Gasteiger partial charge in [-0.05, 0) is 29.8 Å². The first-order chi connectivity index (χ1) is 12.5. The number of rotatable bonds is 2. The number of methoxy groups -OCH3 is 1. The first-order valence-corrected chi connectivity index (χ1v) is 9.02. The number of aliphatic hydroxyl groups is 1. The lowest BCUT2D eigenvalue weighted by Gasteiger charge is -2.38. The van der Waals surface area contributed by atoms with E-state index in [1.165, 1.54) is 7.11 Å². The van der Waals surface area contributed by atoms with Gasteiger partial charge in [0.25, 0.3) is 5.79 Å². The van der Waals surface area contributed by atoms with E-state index >= 15 is 0 Å². The number of ether oxygens (including phenoxy) is 3. The molecule has 2 aliphatic heterocycles. The number of halogens is 1. The van der Waals surface area contributed by atoms with Crippen LogP contribution in [0.2, 0.25) is 0 Å². The third-order valence-corrected chi connectivity index (χ3v) is 5.21. The molecule has 134 valence electrons. The molecule has 4 rings (SSSR count). The van der Waals surface area contributed by atoms with Crippen LogP contribution >= 0.6 is 15.9 Å². The molecule has 0 radical (unpaired) electrons. The van der Waals surface area contributed by atoms with Crippen LogP contribution in [-0.2, 0) is 14.3 Å². The molecule has 0 saturated carbocycles. The first-order valence-electron chi connectivity index (χ1n) is 8.23. The van der Waals surface area contributed by atoms with Crippen molar-refractivity contribution in [3.63, 3.8) is 0 Å². The molecule has 2 aromatic carbocycles. The molecule has 2 aromatic rings. The fourth-order valence-corrected chi connectivity index (χ4v) is 3.85. The normalized spacial score (nSPS) is 26.5. The second kappa shape index (κ2) is 6.45. The maximum atomic E-state index is 12.2. The number of esters is 1. The lowest BCUT2D eigenvalue weighted by molar-refractivity contribution is -0.219. The van der Waals surface area contributed by atoms with E-state index in [-0.39, 0.29) is 11.7 Å².